The van der Waals surface area contributed by atoms with Crippen LogP contribution in [-0.2, 0) is 19.4 Å². The first kappa shape index (κ1) is 22.3. The number of fused-ring (bicyclic) bond motifs is 1. The molecule has 2 aromatic rings. The Labute approximate surface area is 181 Å². The van der Waals surface area contributed by atoms with Gasteiger partial charge in [-0.05, 0) is 58.4 Å². The van der Waals surface area contributed by atoms with Gasteiger partial charge in [0.05, 0.1) is 24.6 Å². The third-order valence-electron chi connectivity index (χ3n) is 4.17. The molecule has 12 heteroatoms. The molecule has 0 radical (unpaired) electrons. The van der Waals surface area contributed by atoms with Gasteiger partial charge in [0.1, 0.15) is 29.3 Å². The maximum absolute atomic E-state index is 11.2. The number of aliphatic hydroxyl groups excluding tert-OH is 2. The summed E-state index contributed by atoms with van der Waals surface area (Å²) >= 11 is 11.4. The molecule has 2 aliphatic heterocycles. The molecule has 0 saturated carbocycles. The highest BCUT2D eigenvalue weighted by Crippen LogP contribution is 2.26. The molecule has 2 aliphatic rings. The second-order valence-electron chi connectivity index (χ2n) is 6.35. The molecule has 0 aliphatic carbocycles. The first-order valence-corrected chi connectivity index (χ1v) is 9.61. The van der Waals surface area contributed by atoms with Crippen LogP contribution in [0.2, 0.25) is 10.0 Å². The van der Waals surface area contributed by atoms with Gasteiger partial charge in [-0.15, -0.1) is 0 Å². The zero-order valence-electron chi connectivity index (χ0n) is 15.5. The number of hydrogen-bond donors (Lipinski definition) is 4. The summed E-state index contributed by atoms with van der Waals surface area (Å²) in [5.74, 6) is 0. The van der Waals surface area contributed by atoms with Crippen LogP contribution in [0, 0.1) is 4.91 Å². The number of ether oxygens (including phenoxy) is 2. The first-order valence-electron chi connectivity index (χ1n) is 8.86. The van der Waals surface area contributed by atoms with E-state index < -0.39 is 12.2 Å². The zero-order valence-corrected chi connectivity index (χ0v) is 17.0. The third kappa shape index (κ3) is 6.33. The Morgan fingerprint density at radius 2 is 1.17 bits per heavy atom. The molecule has 0 bridgehead atoms. The van der Waals surface area contributed by atoms with Crippen molar-refractivity contribution >= 4 is 34.6 Å². The van der Waals surface area contributed by atoms with Crippen LogP contribution in [0.1, 0.15) is 0 Å². The second kappa shape index (κ2) is 10.6. The van der Waals surface area contributed by atoms with Gasteiger partial charge in [-0.3, -0.25) is 0 Å². The summed E-state index contributed by atoms with van der Waals surface area (Å²) in [5.41, 5.74) is 5.86. The smallest absolute Gasteiger partial charge is 0.388 e. The number of nitrogens with zero attached hydrogens (tertiary/aromatic N) is 1. The van der Waals surface area contributed by atoms with E-state index in [0.717, 1.165) is 0 Å². The standard InChI is InChI=1S/C12H10Cl2N3O3.C6H10O4/c13-9-1-5-11(6-2-9)15-19-17(18)20-16-12-7-3-10(14)4-8-12;7-3-1-9-6-4(8)2-10-5(3)6/h1-8,15-16H;3-8H,1-2H2/q+1;/t;3-,4+,5-,6-/m.1/s1. The van der Waals surface area contributed by atoms with Crippen LogP contribution in [0.5, 0.6) is 0 Å². The van der Waals surface area contributed by atoms with Gasteiger partial charge in [0.2, 0.25) is 0 Å². The van der Waals surface area contributed by atoms with Crippen LogP contribution in [0.4, 0.5) is 11.4 Å². The molecule has 0 amide bonds. The predicted octanol–water partition coefficient (Wildman–Crippen LogP) is 2.50. The summed E-state index contributed by atoms with van der Waals surface area (Å²) in [7, 11) is 0. The fraction of sp³-hybridized carbons (Fsp3) is 0.333. The Morgan fingerprint density at radius 1 is 0.800 bits per heavy atom. The predicted molar refractivity (Wildman–Crippen MR) is 107 cm³/mol. The van der Waals surface area contributed by atoms with Crippen LogP contribution < -0.4 is 11.0 Å². The van der Waals surface area contributed by atoms with E-state index in [1.54, 1.807) is 48.5 Å². The largest absolute Gasteiger partial charge is 0.531 e. The van der Waals surface area contributed by atoms with E-state index >= 15 is 0 Å². The molecule has 0 aromatic heterocycles. The molecule has 10 nitrogen and oxygen atoms in total. The Morgan fingerprint density at radius 3 is 1.53 bits per heavy atom. The normalized spacial score (nSPS) is 24.3. The number of hydrogen-bond acceptors (Lipinski definition) is 9. The fourth-order valence-electron chi connectivity index (χ4n) is 2.69. The van der Waals surface area contributed by atoms with Gasteiger partial charge >= 0.3 is 5.09 Å². The lowest BCUT2D eigenvalue weighted by molar-refractivity contribution is -0.971. The Hall–Kier alpha value is -2.34. The van der Waals surface area contributed by atoms with Crippen molar-refractivity contribution in [2.24, 2.45) is 0 Å². The Kier molecular flexibility index (Phi) is 7.91. The molecule has 4 rings (SSSR count). The second-order valence-corrected chi connectivity index (χ2v) is 7.23. The van der Waals surface area contributed by atoms with E-state index in [4.69, 9.17) is 42.9 Å². The molecule has 2 heterocycles. The number of rotatable bonds is 6. The molecule has 4 N–H and O–H groups in total. The van der Waals surface area contributed by atoms with Crippen LogP contribution in [-0.4, -0.2) is 52.9 Å². The van der Waals surface area contributed by atoms with Crippen molar-refractivity contribution in [2.75, 3.05) is 24.2 Å². The van der Waals surface area contributed by atoms with Crippen LogP contribution in [0.25, 0.3) is 0 Å². The molecule has 162 valence electrons. The molecular formula is C18H20Cl2N3O7+. The van der Waals surface area contributed by atoms with Crippen molar-refractivity contribution in [3.05, 3.63) is 63.5 Å². The van der Waals surface area contributed by atoms with Crippen molar-refractivity contribution in [3.8, 4) is 0 Å². The number of benzene rings is 2. The van der Waals surface area contributed by atoms with E-state index in [1.807, 2.05) is 0 Å². The van der Waals surface area contributed by atoms with Gasteiger partial charge in [-0.1, -0.05) is 23.2 Å². The topological polar surface area (TPSA) is 122 Å². The van der Waals surface area contributed by atoms with E-state index in [1.165, 1.54) is 0 Å². The highest BCUT2D eigenvalue weighted by molar-refractivity contribution is 6.30. The number of nitrogens with one attached hydrogen (secondary N) is 2. The van der Waals surface area contributed by atoms with Crippen molar-refractivity contribution in [2.45, 2.75) is 24.4 Å². The molecule has 0 unspecified atom stereocenters. The maximum Gasteiger partial charge on any atom is 0.531 e. The lowest BCUT2D eigenvalue weighted by Crippen LogP contribution is -2.30. The Balaban J connectivity index is 0.000000212. The molecule has 0 spiro atoms. The molecule has 4 atom stereocenters. The lowest BCUT2D eigenvalue weighted by atomic mass is 10.1. The van der Waals surface area contributed by atoms with Crippen LogP contribution >= 0.6 is 23.2 Å². The summed E-state index contributed by atoms with van der Waals surface area (Å²) in [6.07, 6.45) is -1.70. The van der Waals surface area contributed by atoms with Gasteiger partial charge in [0, 0.05) is 10.0 Å². The van der Waals surface area contributed by atoms with Crippen LogP contribution in [0.15, 0.2) is 48.5 Å². The molecule has 2 saturated heterocycles. The summed E-state index contributed by atoms with van der Waals surface area (Å²) in [4.78, 5) is 20.4. The van der Waals surface area contributed by atoms with Crippen molar-refractivity contribution in [3.63, 3.8) is 0 Å². The minimum Gasteiger partial charge on any atom is -0.388 e. The van der Waals surface area contributed by atoms with Gasteiger partial charge in [-0.25, -0.2) is 0 Å². The minimum absolute atomic E-state index is 0.122. The van der Waals surface area contributed by atoms with Crippen LogP contribution in [0.3, 0.4) is 0 Å². The van der Waals surface area contributed by atoms with Crippen molar-refractivity contribution < 1.29 is 34.7 Å². The summed E-state index contributed by atoms with van der Waals surface area (Å²) < 4.78 is 10.2. The van der Waals surface area contributed by atoms with Gasteiger partial charge in [0.25, 0.3) is 0 Å². The van der Waals surface area contributed by atoms with Gasteiger partial charge in [0.15, 0.2) is 0 Å². The average Bonchev–Trinajstić information content (AvgIpc) is 3.30. The molecular weight excluding hydrogens is 441 g/mol. The number of aliphatic hydroxyl groups is 2. The number of anilines is 2. The van der Waals surface area contributed by atoms with E-state index in [0.29, 0.717) is 21.4 Å². The summed E-state index contributed by atoms with van der Waals surface area (Å²) in [6.45, 7) is 0.568. The minimum atomic E-state index is -0.554. The van der Waals surface area contributed by atoms with Crippen molar-refractivity contribution in [1.82, 2.24) is 0 Å². The monoisotopic (exact) mass is 460 g/mol. The summed E-state index contributed by atoms with van der Waals surface area (Å²) in [5, 5.41) is 19.3. The first-order chi connectivity index (χ1) is 14.4. The van der Waals surface area contributed by atoms with Gasteiger partial charge < -0.3 is 19.7 Å². The zero-order chi connectivity index (χ0) is 21.5. The van der Waals surface area contributed by atoms with E-state index in [-0.39, 0.29) is 30.5 Å². The summed E-state index contributed by atoms with van der Waals surface area (Å²) in [6, 6.07) is 13.2. The highest BCUT2D eigenvalue weighted by Gasteiger charge is 2.46. The van der Waals surface area contributed by atoms with E-state index in [2.05, 4.69) is 20.8 Å². The molecule has 2 fully saturated rings. The third-order valence-corrected chi connectivity index (χ3v) is 4.67. The molecule has 2 aromatic carbocycles. The highest BCUT2D eigenvalue weighted by atomic mass is 35.5. The van der Waals surface area contributed by atoms with Gasteiger partial charge in [-0.2, -0.15) is 11.0 Å². The lowest BCUT2D eigenvalue weighted by Gasteiger charge is -2.09. The fourth-order valence-corrected chi connectivity index (χ4v) is 2.95. The quantitative estimate of drug-likeness (QED) is 0.481. The average molecular weight is 461 g/mol. The number of halogens is 2. The van der Waals surface area contributed by atoms with E-state index in [9.17, 15) is 4.91 Å². The molecule has 30 heavy (non-hydrogen) atoms. The Bertz CT molecular complexity index is 758. The SMILES string of the molecule is O=[N+](ONc1ccc(Cl)cc1)ONc1ccc(Cl)cc1.O[C@@H]1CO[C@H]2[C@@H]1OC[C@@H]2O. The van der Waals surface area contributed by atoms with Crippen molar-refractivity contribution in [1.29, 1.82) is 0 Å². The maximum atomic E-state index is 11.2.